The number of ether oxygens (including phenoxy) is 2. The van der Waals surface area contributed by atoms with E-state index >= 15 is 0 Å². The fourth-order valence-corrected chi connectivity index (χ4v) is 2.37. The van der Waals surface area contributed by atoms with Crippen LogP contribution in [0.25, 0.3) is 0 Å². The third-order valence-electron chi connectivity index (χ3n) is 3.42. The highest BCUT2D eigenvalue weighted by Gasteiger charge is 2.30. The zero-order valence-electron chi connectivity index (χ0n) is 13.5. The van der Waals surface area contributed by atoms with Crippen LogP contribution in [0.5, 0.6) is 5.75 Å². The van der Waals surface area contributed by atoms with Crippen LogP contribution >= 0.6 is 0 Å². The molecule has 0 spiro atoms. The number of benzene rings is 1. The van der Waals surface area contributed by atoms with E-state index in [-0.39, 0.29) is 18.8 Å². The molecule has 5 heteroatoms. The van der Waals surface area contributed by atoms with Crippen molar-refractivity contribution in [3.8, 4) is 5.75 Å². The Kier molecular flexibility index (Phi) is 5.29. The molecule has 1 heterocycles. The lowest BCUT2D eigenvalue weighted by atomic mass is 10.1. The molecule has 2 rings (SSSR count). The SMILES string of the molecule is CC(C)(C)OC(=O)N1CC[C@H](Oc2ccc(CCO)cc2)C1. The fraction of sp³-hybridized carbons (Fsp3) is 0.588. The van der Waals surface area contributed by atoms with Crippen LogP contribution in [0, 0.1) is 0 Å². The zero-order valence-corrected chi connectivity index (χ0v) is 13.5. The number of hydrogen-bond acceptors (Lipinski definition) is 4. The van der Waals surface area contributed by atoms with Crippen molar-refractivity contribution in [2.24, 2.45) is 0 Å². The number of rotatable bonds is 4. The number of aliphatic hydroxyl groups is 1. The molecule has 0 saturated carbocycles. The predicted octanol–water partition coefficient (Wildman–Crippen LogP) is 2.61. The average molecular weight is 307 g/mol. The third kappa shape index (κ3) is 4.91. The molecule has 0 unspecified atom stereocenters. The predicted molar refractivity (Wildman–Crippen MR) is 84.1 cm³/mol. The van der Waals surface area contributed by atoms with Gasteiger partial charge in [0.2, 0.25) is 0 Å². The molecule has 1 aromatic rings. The summed E-state index contributed by atoms with van der Waals surface area (Å²) in [6.07, 6.45) is 1.17. The molecular formula is C17H25NO4. The molecule has 1 aliphatic rings. The Labute approximate surface area is 131 Å². The Morgan fingerprint density at radius 1 is 1.32 bits per heavy atom. The highest BCUT2D eigenvalue weighted by molar-refractivity contribution is 5.68. The molecule has 1 atom stereocenters. The van der Waals surface area contributed by atoms with Gasteiger partial charge in [-0.2, -0.15) is 0 Å². The minimum atomic E-state index is -0.474. The third-order valence-corrected chi connectivity index (χ3v) is 3.42. The summed E-state index contributed by atoms with van der Waals surface area (Å²) in [6, 6.07) is 7.71. The van der Waals surface area contributed by atoms with Gasteiger partial charge in [-0.15, -0.1) is 0 Å². The van der Waals surface area contributed by atoms with Gasteiger partial charge < -0.3 is 19.5 Å². The molecule has 1 amide bonds. The van der Waals surface area contributed by atoms with E-state index in [9.17, 15) is 4.79 Å². The van der Waals surface area contributed by atoms with Gasteiger partial charge in [0.25, 0.3) is 0 Å². The van der Waals surface area contributed by atoms with E-state index in [0.29, 0.717) is 19.5 Å². The lowest BCUT2D eigenvalue weighted by Gasteiger charge is -2.24. The molecule has 0 aromatic heterocycles. The monoisotopic (exact) mass is 307 g/mol. The van der Waals surface area contributed by atoms with E-state index in [1.807, 2.05) is 45.0 Å². The van der Waals surface area contributed by atoms with Crippen molar-refractivity contribution in [3.05, 3.63) is 29.8 Å². The molecule has 22 heavy (non-hydrogen) atoms. The molecule has 0 aliphatic carbocycles. The van der Waals surface area contributed by atoms with Crippen molar-refractivity contribution >= 4 is 6.09 Å². The van der Waals surface area contributed by atoms with E-state index < -0.39 is 5.60 Å². The van der Waals surface area contributed by atoms with Gasteiger partial charge in [-0.3, -0.25) is 0 Å². The van der Waals surface area contributed by atoms with Crippen LogP contribution in [0.4, 0.5) is 4.79 Å². The molecule has 1 aromatic carbocycles. The first-order valence-electron chi connectivity index (χ1n) is 7.72. The number of hydrogen-bond donors (Lipinski definition) is 1. The molecule has 1 aliphatic heterocycles. The minimum Gasteiger partial charge on any atom is -0.489 e. The van der Waals surface area contributed by atoms with Crippen molar-refractivity contribution < 1.29 is 19.4 Å². The van der Waals surface area contributed by atoms with Gasteiger partial charge in [0.15, 0.2) is 0 Å². The standard InChI is InChI=1S/C17H25NO4/c1-17(2,3)22-16(20)18-10-8-15(12-18)21-14-6-4-13(5-7-14)9-11-19/h4-7,15,19H,8-12H2,1-3H3/t15-/m0/s1. The maximum Gasteiger partial charge on any atom is 0.410 e. The van der Waals surface area contributed by atoms with Crippen molar-refractivity contribution in [1.29, 1.82) is 0 Å². The van der Waals surface area contributed by atoms with Crippen molar-refractivity contribution in [1.82, 2.24) is 4.90 Å². The molecule has 1 saturated heterocycles. The fourth-order valence-electron chi connectivity index (χ4n) is 2.37. The average Bonchev–Trinajstić information content (AvgIpc) is 2.88. The van der Waals surface area contributed by atoms with Crippen LogP contribution in [0.2, 0.25) is 0 Å². The van der Waals surface area contributed by atoms with Crippen LogP contribution in [0.3, 0.4) is 0 Å². The van der Waals surface area contributed by atoms with Gasteiger partial charge in [-0.1, -0.05) is 12.1 Å². The molecule has 122 valence electrons. The largest absolute Gasteiger partial charge is 0.489 e. The number of carbonyl (C=O) groups is 1. The zero-order chi connectivity index (χ0) is 16.2. The van der Waals surface area contributed by atoms with Crippen LogP contribution in [-0.2, 0) is 11.2 Å². The maximum atomic E-state index is 12.0. The molecular weight excluding hydrogens is 282 g/mol. The summed E-state index contributed by atoms with van der Waals surface area (Å²) in [5.41, 5.74) is 0.607. The second-order valence-electron chi connectivity index (χ2n) is 6.57. The van der Waals surface area contributed by atoms with Gasteiger partial charge >= 0.3 is 6.09 Å². The van der Waals surface area contributed by atoms with Gasteiger partial charge in [0, 0.05) is 19.6 Å². The number of aliphatic hydroxyl groups excluding tert-OH is 1. The summed E-state index contributed by atoms with van der Waals surface area (Å²) in [5, 5.41) is 8.90. The van der Waals surface area contributed by atoms with Gasteiger partial charge in [-0.05, 0) is 44.9 Å². The quantitative estimate of drug-likeness (QED) is 0.929. The topological polar surface area (TPSA) is 59.0 Å². The van der Waals surface area contributed by atoms with Crippen molar-refractivity contribution in [3.63, 3.8) is 0 Å². The van der Waals surface area contributed by atoms with Gasteiger partial charge in [-0.25, -0.2) is 4.79 Å². The van der Waals surface area contributed by atoms with E-state index in [1.54, 1.807) is 4.90 Å². The Balaban J connectivity index is 1.84. The summed E-state index contributed by atoms with van der Waals surface area (Å²) < 4.78 is 11.3. The number of amides is 1. The molecule has 0 bridgehead atoms. The normalized spacial score (nSPS) is 18.4. The van der Waals surface area contributed by atoms with Crippen LogP contribution in [0.1, 0.15) is 32.8 Å². The lowest BCUT2D eigenvalue weighted by Crippen LogP contribution is -2.36. The van der Waals surface area contributed by atoms with Gasteiger partial charge in [0.05, 0.1) is 6.54 Å². The van der Waals surface area contributed by atoms with Crippen LogP contribution in [-0.4, -0.2) is 47.5 Å². The van der Waals surface area contributed by atoms with E-state index in [4.69, 9.17) is 14.6 Å². The van der Waals surface area contributed by atoms with Crippen LogP contribution in [0.15, 0.2) is 24.3 Å². The Morgan fingerprint density at radius 3 is 2.59 bits per heavy atom. The molecule has 0 radical (unpaired) electrons. The molecule has 1 N–H and O–H groups in total. The van der Waals surface area contributed by atoms with E-state index in [0.717, 1.165) is 17.7 Å². The van der Waals surface area contributed by atoms with E-state index in [2.05, 4.69) is 0 Å². The lowest BCUT2D eigenvalue weighted by molar-refractivity contribution is 0.0275. The van der Waals surface area contributed by atoms with Crippen molar-refractivity contribution in [2.75, 3.05) is 19.7 Å². The first-order valence-corrected chi connectivity index (χ1v) is 7.72. The summed E-state index contributed by atoms with van der Waals surface area (Å²) in [6.45, 7) is 6.94. The van der Waals surface area contributed by atoms with Crippen molar-refractivity contribution in [2.45, 2.75) is 45.3 Å². The smallest absolute Gasteiger partial charge is 0.410 e. The number of nitrogens with zero attached hydrogens (tertiary/aromatic N) is 1. The summed E-state index contributed by atoms with van der Waals surface area (Å²) in [7, 11) is 0. The number of likely N-dealkylation sites (tertiary alicyclic amines) is 1. The number of carbonyl (C=O) groups excluding carboxylic acids is 1. The summed E-state index contributed by atoms with van der Waals surface area (Å²) in [4.78, 5) is 13.7. The first kappa shape index (κ1) is 16.6. The highest BCUT2D eigenvalue weighted by Crippen LogP contribution is 2.21. The Hall–Kier alpha value is -1.75. The maximum absolute atomic E-state index is 12.0. The van der Waals surface area contributed by atoms with Crippen LogP contribution < -0.4 is 4.74 Å². The van der Waals surface area contributed by atoms with Gasteiger partial charge in [0.1, 0.15) is 17.5 Å². The molecule has 1 fully saturated rings. The Bertz CT molecular complexity index is 492. The summed E-state index contributed by atoms with van der Waals surface area (Å²) >= 11 is 0. The second kappa shape index (κ2) is 7.01. The first-order chi connectivity index (χ1) is 10.4. The van der Waals surface area contributed by atoms with E-state index in [1.165, 1.54) is 0 Å². The molecule has 5 nitrogen and oxygen atoms in total. The Morgan fingerprint density at radius 2 is 2.00 bits per heavy atom. The minimum absolute atomic E-state index is 0.00351. The summed E-state index contributed by atoms with van der Waals surface area (Å²) in [5.74, 6) is 0.790. The highest BCUT2D eigenvalue weighted by atomic mass is 16.6. The second-order valence-corrected chi connectivity index (χ2v) is 6.57.